The number of rotatable bonds is 3. The van der Waals surface area contributed by atoms with Crippen LogP contribution in [0, 0.1) is 0 Å². The van der Waals surface area contributed by atoms with Crippen LogP contribution in [0.15, 0.2) is 224 Å². The van der Waals surface area contributed by atoms with Crippen molar-refractivity contribution in [1.82, 2.24) is 0 Å². The van der Waals surface area contributed by atoms with E-state index in [4.69, 9.17) is 18.4 Å². The van der Waals surface area contributed by atoms with Crippen molar-refractivity contribution < 1.29 is 23.9 Å². The Morgan fingerprint density at radius 1 is 0.377 bits per heavy atom. The summed E-state index contributed by atoms with van der Waals surface area (Å²) in [5.74, 6) is 1.05. The van der Waals surface area contributed by atoms with Gasteiger partial charge in [-0.15, -0.1) is 0 Å². The zero-order chi connectivity index (χ0) is 52.3. The lowest BCUT2D eigenvalue weighted by Crippen LogP contribution is -2.40. The van der Waals surface area contributed by atoms with Gasteiger partial charge >= 0.3 is 0 Å². The van der Waals surface area contributed by atoms with Gasteiger partial charge in [-0.3, -0.25) is 0 Å². The third kappa shape index (κ3) is 4.85. The number of fused-ring (bicyclic) bond motifs is 14. The Kier molecular flexibility index (Phi) is 4.91. The Balaban J connectivity index is 1.27. The van der Waals surface area contributed by atoms with E-state index in [1.807, 2.05) is 127 Å². The summed E-state index contributed by atoms with van der Waals surface area (Å²) in [5, 5.41) is 2.82. The van der Waals surface area contributed by atoms with Crippen LogP contribution in [0.1, 0.15) is 41.4 Å². The largest absolute Gasteiger partial charge is 0.455 e. The number of nitrogens with zero attached hydrogens (tertiary/aromatic N) is 1. The molecule has 0 saturated heterocycles. The van der Waals surface area contributed by atoms with E-state index in [9.17, 15) is 5.48 Å². The molecule has 11 aromatic rings. The molecule has 2 aliphatic rings. The minimum Gasteiger partial charge on any atom is -0.455 e. The predicted molar refractivity (Wildman–Crippen MR) is 254 cm³/mol. The van der Waals surface area contributed by atoms with Gasteiger partial charge in [-0.2, -0.15) is 0 Å². The molecule has 0 aliphatic carbocycles. The molecule has 0 atom stereocenters. The monoisotopic (exact) mass is 789 g/mol. The van der Waals surface area contributed by atoms with E-state index in [1.54, 1.807) is 12.1 Å². The van der Waals surface area contributed by atoms with Crippen molar-refractivity contribution in [2.24, 2.45) is 0 Å². The first-order valence-corrected chi connectivity index (χ1v) is 19.9. The molecule has 0 aromatic heterocycles. The van der Waals surface area contributed by atoms with Crippen molar-refractivity contribution >= 4 is 60.2 Å². The van der Waals surface area contributed by atoms with Crippen molar-refractivity contribution in [3.05, 3.63) is 246 Å². The van der Waals surface area contributed by atoms with Crippen molar-refractivity contribution in [1.29, 1.82) is 0 Å². The quantitative estimate of drug-likeness (QED) is 0.177. The zero-order valence-electron chi connectivity index (χ0n) is 46.1. The maximum atomic E-state index is 9.54. The lowest BCUT2D eigenvalue weighted by Gasteiger charge is -2.49. The summed E-state index contributed by atoms with van der Waals surface area (Å²) < 4.78 is 134. The van der Waals surface area contributed by atoms with Crippen LogP contribution in [-0.4, -0.2) is 0 Å². The van der Waals surface area contributed by atoms with Gasteiger partial charge in [0, 0.05) is 27.6 Å². The Morgan fingerprint density at radius 2 is 0.852 bits per heavy atom. The van der Waals surface area contributed by atoms with Crippen LogP contribution < -0.4 is 9.64 Å². The van der Waals surface area contributed by atoms with Crippen LogP contribution in [0.2, 0.25) is 0 Å². The van der Waals surface area contributed by atoms with Crippen LogP contribution in [0.4, 0.5) is 17.1 Å². The molecule has 13 rings (SSSR count). The van der Waals surface area contributed by atoms with Gasteiger partial charge < -0.3 is 9.64 Å². The third-order valence-corrected chi connectivity index (χ3v) is 12.3. The first-order chi connectivity index (χ1) is 36.1. The Bertz CT molecular complexity index is 4130. The van der Waals surface area contributed by atoms with Gasteiger partial charge in [-0.25, -0.2) is 0 Å². The van der Waals surface area contributed by atoms with Gasteiger partial charge in [-0.05, 0) is 102 Å². The van der Waals surface area contributed by atoms with E-state index in [0.717, 1.165) is 27.2 Å². The molecule has 0 saturated carbocycles. The summed E-state index contributed by atoms with van der Waals surface area (Å²) >= 11 is 0. The maximum Gasteiger partial charge on any atom is 0.140 e. The second-order valence-corrected chi connectivity index (χ2v) is 15.3. The first kappa shape index (κ1) is 23.0. The number of hydrogen-bond acceptors (Lipinski definition) is 2. The highest BCUT2D eigenvalue weighted by molar-refractivity contribution is 6.03. The van der Waals surface area contributed by atoms with Crippen molar-refractivity contribution in [2.75, 3.05) is 4.90 Å². The molecule has 0 N–H and O–H groups in total. The molecular formula is C59H37NO. The normalized spacial score (nSPS) is 16.7. The van der Waals surface area contributed by atoms with E-state index < -0.39 is 90.0 Å². The molecule has 2 aliphatic heterocycles. The molecule has 11 aromatic carbocycles. The van der Waals surface area contributed by atoms with E-state index in [0.29, 0.717) is 56.3 Å². The molecule has 0 radical (unpaired) electrons. The molecule has 284 valence electrons. The summed E-state index contributed by atoms with van der Waals surface area (Å²) in [4.78, 5) is 2.07. The minimum absolute atomic E-state index is 0.0317. The highest BCUT2D eigenvalue weighted by Crippen LogP contribution is 2.65. The topological polar surface area (TPSA) is 12.5 Å². The SMILES string of the molecule is [2H]c1c([2H])c([2H])c2c(-c3ccc4c(c3)C3(c5cc(-c6c([2H])c([2H])c([2H])c7c([2H])c([2H])c([2H])c([2H])c67)ccc5N4c4ccccc4)c4ccc5ccccc5c4Oc4c3ccc3ccccc43)c([2H])c([2H])c([2H])c2c1[2H]. The summed E-state index contributed by atoms with van der Waals surface area (Å²) in [5.41, 5.74) is 3.90. The van der Waals surface area contributed by atoms with Crippen LogP contribution in [0.5, 0.6) is 11.5 Å². The molecule has 0 bridgehead atoms. The molecule has 2 heterocycles. The fourth-order valence-corrected chi connectivity index (χ4v) is 9.69. The lowest BCUT2D eigenvalue weighted by molar-refractivity contribution is 0.444. The molecule has 61 heavy (non-hydrogen) atoms. The molecule has 0 amide bonds. The number of benzene rings is 11. The molecule has 1 spiro atoms. The minimum atomic E-state index is -1.45. The number of hydrogen-bond donors (Lipinski definition) is 0. The van der Waals surface area contributed by atoms with E-state index in [2.05, 4.69) is 4.90 Å². The van der Waals surface area contributed by atoms with Gasteiger partial charge in [0.15, 0.2) is 0 Å². The summed E-state index contributed by atoms with van der Waals surface area (Å²) in [6.45, 7) is 0. The Morgan fingerprint density at radius 3 is 1.39 bits per heavy atom. The van der Waals surface area contributed by atoms with Gasteiger partial charge in [0.2, 0.25) is 0 Å². The number of para-hydroxylation sites is 1. The van der Waals surface area contributed by atoms with Gasteiger partial charge in [0.1, 0.15) is 11.5 Å². The molecule has 0 fully saturated rings. The number of anilines is 3. The molecule has 0 unspecified atom stereocenters. The fourth-order valence-electron chi connectivity index (χ4n) is 9.69. The molecule has 2 nitrogen and oxygen atoms in total. The summed E-state index contributed by atoms with van der Waals surface area (Å²) in [6, 6.07) is 37.5. The van der Waals surface area contributed by atoms with Crippen LogP contribution >= 0.6 is 0 Å². The average Bonchev–Trinajstić information content (AvgIpc) is 3.56. The molecule has 2 heteroatoms. The van der Waals surface area contributed by atoms with Crippen molar-refractivity contribution in [3.8, 4) is 33.8 Å². The maximum absolute atomic E-state index is 9.54. The van der Waals surface area contributed by atoms with E-state index in [-0.39, 0.29) is 32.7 Å². The number of ether oxygens (including phenoxy) is 1. The smallest absolute Gasteiger partial charge is 0.140 e. The highest BCUT2D eigenvalue weighted by Gasteiger charge is 2.52. The zero-order valence-corrected chi connectivity index (χ0v) is 32.1. The standard InChI is InChI=1S/C59H37NO/c1-2-20-44(21-3-1)60-55-34-30-42(47-26-12-18-38-14-4-8-22-45(38)47)36-53(55)59(54-37-43(31-35-56(54)60)48-27-13-19-39-15-5-9-23-46(39)48)51-32-28-40-16-6-10-24-49(40)57(51)61-58-50-25-11-7-17-41(50)29-33-52(58)59/h1-37H/i4D,5D,8D,9D,12D,13D,14D,15D,18D,19D,22D,23D,26D,27D. The highest BCUT2D eigenvalue weighted by atomic mass is 16.5. The van der Waals surface area contributed by atoms with Gasteiger partial charge in [-0.1, -0.05) is 188 Å². The van der Waals surface area contributed by atoms with E-state index >= 15 is 0 Å². The van der Waals surface area contributed by atoms with Crippen molar-refractivity contribution in [2.45, 2.75) is 5.41 Å². The molecular weight excluding hydrogens is 739 g/mol. The Labute approximate surface area is 373 Å². The summed E-state index contributed by atoms with van der Waals surface area (Å²) in [6.07, 6.45) is 0. The third-order valence-electron chi connectivity index (χ3n) is 12.3. The van der Waals surface area contributed by atoms with Gasteiger partial charge in [0.05, 0.1) is 36.0 Å². The predicted octanol–water partition coefficient (Wildman–Crippen LogP) is 15.9. The first-order valence-electron chi connectivity index (χ1n) is 26.9. The van der Waals surface area contributed by atoms with Crippen LogP contribution in [0.3, 0.4) is 0 Å². The fraction of sp³-hybridized carbons (Fsp3) is 0.0169. The van der Waals surface area contributed by atoms with Crippen molar-refractivity contribution in [3.63, 3.8) is 0 Å². The van der Waals surface area contributed by atoms with E-state index in [1.165, 1.54) is 0 Å². The lowest BCUT2D eigenvalue weighted by atomic mass is 9.60. The Hall–Kier alpha value is -7.94. The van der Waals surface area contributed by atoms with Gasteiger partial charge in [0.25, 0.3) is 0 Å². The second-order valence-electron chi connectivity index (χ2n) is 15.3. The second kappa shape index (κ2) is 13.0. The van der Waals surface area contributed by atoms with Crippen LogP contribution in [-0.2, 0) is 5.41 Å². The summed E-state index contributed by atoms with van der Waals surface area (Å²) in [7, 11) is 0. The van der Waals surface area contributed by atoms with Crippen LogP contribution in [0.25, 0.3) is 65.3 Å². The average molecular weight is 790 g/mol.